The molecular weight excluding hydrogens is 1600 g/mol. The highest BCUT2D eigenvalue weighted by atomic mass is 79.9. The summed E-state index contributed by atoms with van der Waals surface area (Å²) in [4.78, 5) is 5.23. The van der Waals surface area contributed by atoms with Gasteiger partial charge < -0.3 is 15.1 Å². The number of hydrogen-bond acceptors (Lipinski definition) is 3. The average molecular weight is 1700 g/mol. The Morgan fingerprint density at radius 2 is 0.537 bits per heavy atom. The number of anilines is 8. The van der Waals surface area contributed by atoms with Crippen LogP contribution in [0.15, 0.2) is 337 Å². The number of fused-ring (bicyclic) bond motifs is 3. The lowest BCUT2D eigenvalue weighted by molar-refractivity contribution is 0.875. The first-order valence-electron chi connectivity index (χ1n) is 42.9. The molecular formula is C116H101Br2N3. The molecule has 20 rings (SSSR count). The SMILES string of the molecule is CC(C)c1cc(Br)c2ccc3c(C(C)C)cc(Br)c4ccc1c2c43.Cc1ccc2ccc(C)c(N(c3ccccc3-c3ccccc3)c3cc(C(C)C)c4ccc5c(N(c6ccccc6-c6ccccc6)c6c(C)ccc7ccc(C)cc67)cc(C(C)C)c6ccc3c4c65)c2c1.Cc1ccc2ccc(C)c(Nc3ccccc3-c3ccccc3)c2c1. The lowest BCUT2D eigenvalue weighted by Crippen LogP contribution is -2.15. The van der Waals surface area contributed by atoms with Crippen LogP contribution in [-0.2, 0) is 0 Å². The van der Waals surface area contributed by atoms with Gasteiger partial charge in [0.1, 0.15) is 0 Å². The van der Waals surface area contributed by atoms with Crippen molar-refractivity contribution >= 4 is 174 Å². The molecule has 594 valence electrons. The van der Waals surface area contributed by atoms with Crippen molar-refractivity contribution < 1.29 is 0 Å². The predicted molar refractivity (Wildman–Crippen MR) is 535 cm³/mol. The van der Waals surface area contributed by atoms with Crippen LogP contribution >= 0.6 is 31.9 Å². The Balaban J connectivity index is 0.000000164. The molecule has 20 aromatic rings. The third kappa shape index (κ3) is 14.6. The van der Waals surface area contributed by atoms with Crippen molar-refractivity contribution in [3.8, 4) is 33.4 Å². The monoisotopic (exact) mass is 1690 g/mol. The molecule has 0 atom stereocenters. The van der Waals surface area contributed by atoms with Crippen molar-refractivity contribution in [2.75, 3.05) is 15.1 Å². The Hall–Kier alpha value is -12.4. The van der Waals surface area contributed by atoms with Crippen LogP contribution in [0.3, 0.4) is 0 Å². The van der Waals surface area contributed by atoms with Crippen molar-refractivity contribution in [2.45, 2.75) is 121 Å². The number of hydrogen-bond donors (Lipinski definition) is 1. The lowest BCUT2D eigenvalue weighted by Gasteiger charge is -2.34. The first-order valence-corrected chi connectivity index (χ1v) is 44.4. The van der Waals surface area contributed by atoms with E-state index in [-0.39, 0.29) is 11.8 Å². The van der Waals surface area contributed by atoms with Gasteiger partial charge in [-0.3, -0.25) is 0 Å². The molecule has 0 amide bonds. The minimum Gasteiger partial charge on any atom is -0.354 e. The molecule has 0 fully saturated rings. The zero-order valence-electron chi connectivity index (χ0n) is 71.6. The molecule has 0 saturated heterocycles. The van der Waals surface area contributed by atoms with Gasteiger partial charge in [0.15, 0.2) is 0 Å². The van der Waals surface area contributed by atoms with Gasteiger partial charge in [-0.1, -0.05) is 371 Å². The Morgan fingerprint density at radius 3 is 0.934 bits per heavy atom. The summed E-state index contributed by atoms with van der Waals surface area (Å²) in [6.45, 7) is 31.9. The van der Waals surface area contributed by atoms with Gasteiger partial charge >= 0.3 is 0 Å². The second-order valence-corrected chi connectivity index (χ2v) is 36.2. The van der Waals surface area contributed by atoms with Crippen LogP contribution < -0.4 is 15.1 Å². The van der Waals surface area contributed by atoms with Gasteiger partial charge in [0.2, 0.25) is 0 Å². The molecule has 0 aromatic heterocycles. The van der Waals surface area contributed by atoms with E-state index in [0.717, 1.165) is 17.1 Å². The number of aryl methyl sites for hydroxylation is 6. The van der Waals surface area contributed by atoms with Crippen LogP contribution in [0, 0.1) is 41.5 Å². The molecule has 0 aliphatic heterocycles. The molecule has 121 heavy (non-hydrogen) atoms. The fourth-order valence-electron chi connectivity index (χ4n) is 19.0. The normalized spacial score (nSPS) is 11.8. The second kappa shape index (κ2) is 33.0. The fourth-order valence-corrected chi connectivity index (χ4v) is 20.2. The molecule has 0 bridgehead atoms. The second-order valence-electron chi connectivity index (χ2n) is 34.5. The zero-order chi connectivity index (χ0) is 83.8. The fraction of sp³-hybridized carbons (Fsp3) is 0.155. The highest BCUT2D eigenvalue weighted by Gasteiger charge is 2.31. The van der Waals surface area contributed by atoms with Crippen LogP contribution in [0.2, 0.25) is 0 Å². The van der Waals surface area contributed by atoms with Crippen molar-refractivity contribution in [2.24, 2.45) is 0 Å². The van der Waals surface area contributed by atoms with Gasteiger partial charge in [0, 0.05) is 63.9 Å². The lowest BCUT2D eigenvalue weighted by atomic mass is 9.83. The van der Waals surface area contributed by atoms with Crippen LogP contribution in [-0.4, -0.2) is 0 Å². The van der Waals surface area contributed by atoms with E-state index in [1.54, 1.807) is 0 Å². The Morgan fingerprint density at radius 1 is 0.240 bits per heavy atom. The summed E-state index contributed by atoms with van der Waals surface area (Å²) in [5.74, 6) is 1.49. The van der Waals surface area contributed by atoms with Gasteiger partial charge in [0.05, 0.1) is 34.1 Å². The molecule has 20 aromatic carbocycles. The van der Waals surface area contributed by atoms with E-state index in [1.165, 1.54) is 223 Å². The van der Waals surface area contributed by atoms with Crippen LogP contribution in [0.1, 0.15) is 135 Å². The number of nitrogens with one attached hydrogen (secondary N) is 1. The number of rotatable bonds is 15. The van der Waals surface area contributed by atoms with E-state index in [4.69, 9.17) is 0 Å². The summed E-state index contributed by atoms with van der Waals surface area (Å²) < 4.78 is 2.39. The first-order chi connectivity index (χ1) is 58.7. The van der Waals surface area contributed by atoms with Gasteiger partial charge in [-0.2, -0.15) is 0 Å². The molecule has 0 heterocycles. The van der Waals surface area contributed by atoms with Gasteiger partial charge in [-0.25, -0.2) is 0 Å². The molecule has 3 nitrogen and oxygen atoms in total. The van der Waals surface area contributed by atoms with Gasteiger partial charge in [-0.05, 0) is 252 Å². The average Bonchev–Trinajstić information content (AvgIpc) is 0.684. The van der Waals surface area contributed by atoms with Crippen molar-refractivity contribution in [1.29, 1.82) is 0 Å². The Labute approximate surface area is 729 Å². The maximum absolute atomic E-state index is 3.81. The number of para-hydroxylation sites is 3. The number of halogens is 2. The molecule has 0 spiro atoms. The molecule has 5 heteroatoms. The first kappa shape index (κ1) is 79.7. The summed E-state index contributed by atoms with van der Waals surface area (Å²) >= 11 is 7.63. The maximum Gasteiger partial charge on any atom is 0.0569 e. The van der Waals surface area contributed by atoms with E-state index >= 15 is 0 Å². The molecule has 0 radical (unpaired) electrons. The molecule has 1 N–H and O–H groups in total. The topological polar surface area (TPSA) is 18.5 Å². The molecule has 0 unspecified atom stereocenters. The minimum absolute atomic E-state index is 0.246. The van der Waals surface area contributed by atoms with Crippen LogP contribution in [0.5, 0.6) is 0 Å². The summed E-state index contributed by atoms with van der Waals surface area (Å²) in [6, 6.07) is 121. The standard InChI is InChI=1S/C70H60N2.C24H21N.C22H20Br2/c1-43(2)59-41-65(71(63-25-17-15-23-53(63)49-19-11-9-12-20-49)69-47(7)29-33-51-31-27-45(5)39-61(51)69)57-38-36-56-60(44(3)4)42-66(58-37-35-55(59)67(57)68(56)58)72(64-26-18-16-24-54(64)50-21-13-10-14-22-50)70-48(8)30-34-52-32-28-46(6)40-62(52)70;1-17-12-14-20-15-13-18(2)24(22(20)16-17)25-23-11-7-6-10-21(23)19-8-4-3-5-9-19;1-11(2)17-9-19(23)15-8-6-14-18(12(3)4)10-20(24)16-7-5-13(17)21(15)22(14)16/h9-44H,1-8H3;3-16,25H,1-2H3;5-12H,1-4H3. The Kier molecular flexibility index (Phi) is 21.7. The predicted octanol–water partition coefficient (Wildman–Crippen LogP) is 35.9. The van der Waals surface area contributed by atoms with E-state index < -0.39 is 0 Å². The third-order valence-corrected chi connectivity index (χ3v) is 26.3. The summed E-state index contributed by atoms with van der Waals surface area (Å²) in [5, 5.41) is 27.1. The van der Waals surface area contributed by atoms with Crippen molar-refractivity contribution in [3.63, 3.8) is 0 Å². The molecule has 0 saturated carbocycles. The summed E-state index contributed by atoms with van der Waals surface area (Å²) in [7, 11) is 0. The molecule has 0 aliphatic rings. The number of benzene rings is 20. The van der Waals surface area contributed by atoms with E-state index in [0.29, 0.717) is 11.8 Å². The van der Waals surface area contributed by atoms with Crippen molar-refractivity contribution in [1.82, 2.24) is 0 Å². The highest BCUT2D eigenvalue weighted by Crippen LogP contribution is 2.56. The highest BCUT2D eigenvalue weighted by molar-refractivity contribution is 9.11. The van der Waals surface area contributed by atoms with E-state index in [1.807, 2.05) is 0 Å². The third-order valence-electron chi connectivity index (χ3n) is 25.0. The Bertz CT molecular complexity index is 6970. The quantitative estimate of drug-likeness (QED) is 0.103. The van der Waals surface area contributed by atoms with Crippen LogP contribution in [0.25, 0.3) is 130 Å². The maximum atomic E-state index is 3.81. The zero-order valence-corrected chi connectivity index (χ0v) is 74.8. The summed E-state index contributed by atoms with van der Waals surface area (Å²) in [6.07, 6.45) is 0. The largest absolute Gasteiger partial charge is 0.354 e. The van der Waals surface area contributed by atoms with Crippen LogP contribution in [0.4, 0.5) is 45.5 Å². The minimum atomic E-state index is 0.246. The smallest absolute Gasteiger partial charge is 0.0569 e. The van der Waals surface area contributed by atoms with E-state index in [2.05, 4.69) is 471 Å². The summed E-state index contributed by atoms with van der Waals surface area (Å²) in [5.41, 5.74) is 29.6. The van der Waals surface area contributed by atoms with Gasteiger partial charge in [0.25, 0.3) is 0 Å². The number of nitrogens with zero attached hydrogens (tertiary/aromatic N) is 2. The van der Waals surface area contributed by atoms with Crippen molar-refractivity contribution in [3.05, 3.63) is 392 Å². The molecule has 0 aliphatic carbocycles. The van der Waals surface area contributed by atoms with E-state index in [9.17, 15) is 0 Å². The van der Waals surface area contributed by atoms with Gasteiger partial charge in [-0.15, -0.1) is 0 Å².